The molecule has 6 nitrogen and oxygen atoms in total. The van der Waals surface area contributed by atoms with E-state index in [0.29, 0.717) is 17.7 Å². The normalized spacial score (nSPS) is 20.2. The molecule has 1 fully saturated rings. The minimum Gasteiger partial charge on any atom is -0.480 e. The highest BCUT2D eigenvalue weighted by Crippen LogP contribution is 2.26. The number of anilines is 1. The Bertz CT molecular complexity index is 663. The van der Waals surface area contributed by atoms with Gasteiger partial charge in [0.1, 0.15) is 12.6 Å². The third-order valence-corrected chi connectivity index (χ3v) is 5.04. The van der Waals surface area contributed by atoms with Crippen LogP contribution in [0.5, 0.6) is 0 Å². The zero-order valence-corrected chi connectivity index (χ0v) is 11.5. The topological polar surface area (TPSA) is 98.5 Å². The number of carbonyl (C=O) groups is 1. The van der Waals surface area contributed by atoms with Gasteiger partial charge < -0.3 is 10.0 Å². The van der Waals surface area contributed by atoms with E-state index >= 15 is 0 Å². The Kier molecular flexibility index (Phi) is 3.95. The first kappa shape index (κ1) is 14.3. The number of sulfone groups is 1. The Balaban J connectivity index is 2.38. The first-order chi connectivity index (χ1) is 9.43. The highest BCUT2D eigenvalue weighted by molar-refractivity contribution is 7.91. The molecule has 1 aromatic carbocycles. The van der Waals surface area contributed by atoms with E-state index in [0.717, 1.165) is 0 Å². The van der Waals surface area contributed by atoms with Crippen molar-refractivity contribution in [1.29, 1.82) is 5.26 Å². The van der Waals surface area contributed by atoms with Crippen LogP contribution in [0.4, 0.5) is 5.69 Å². The predicted octanol–water partition coefficient (Wildman–Crippen LogP) is 0.636. The van der Waals surface area contributed by atoms with Gasteiger partial charge in [-0.2, -0.15) is 5.26 Å². The van der Waals surface area contributed by atoms with Gasteiger partial charge >= 0.3 is 5.97 Å². The van der Waals surface area contributed by atoms with Gasteiger partial charge in [0.25, 0.3) is 0 Å². The van der Waals surface area contributed by atoms with E-state index in [9.17, 15) is 13.2 Å². The predicted molar refractivity (Wildman–Crippen MR) is 73.2 cm³/mol. The third kappa shape index (κ3) is 3.08. The molecular formula is C13H14N2O4S. The van der Waals surface area contributed by atoms with Gasteiger partial charge in [0.2, 0.25) is 0 Å². The molecule has 1 unspecified atom stereocenters. The molecule has 1 atom stereocenters. The number of hydrogen-bond acceptors (Lipinski definition) is 5. The van der Waals surface area contributed by atoms with Crippen molar-refractivity contribution in [2.45, 2.75) is 12.5 Å². The maximum Gasteiger partial charge on any atom is 0.323 e. The number of para-hydroxylation sites is 1. The quantitative estimate of drug-likeness (QED) is 0.874. The maximum atomic E-state index is 11.6. The zero-order chi connectivity index (χ0) is 14.8. The second-order valence-corrected chi connectivity index (χ2v) is 6.94. The summed E-state index contributed by atoms with van der Waals surface area (Å²) in [7, 11) is -3.12. The van der Waals surface area contributed by atoms with Gasteiger partial charge in [-0.15, -0.1) is 0 Å². The van der Waals surface area contributed by atoms with Crippen molar-refractivity contribution in [3.8, 4) is 6.07 Å². The Labute approximate surface area is 117 Å². The number of hydrogen-bond donors (Lipinski definition) is 1. The van der Waals surface area contributed by atoms with Crippen molar-refractivity contribution in [2.24, 2.45) is 0 Å². The summed E-state index contributed by atoms with van der Waals surface area (Å²) in [5, 5.41) is 18.1. The average Bonchev–Trinajstić information content (AvgIpc) is 2.76. The molecule has 106 valence electrons. The SMILES string of the molecule is N#Cc1ccccc1N(CC(=O)O)C1CCS(=O)(=O)C1. The molecule has 0 radical (unpaired) electrons. The third-order valence-electron chi connectivity index (χ3n) is 3.29. The fourth-order valence-electron chi connectivity index (χ4n) is 2.40. The standard InChI is InChI=1S/C13H14N2O4S/c14-7-10-3-1-2-4-12(10)15(8-13(16)17)11-5-6-20(18,19)9-11/h1-4,11H,5-6,8-9H2,(H,16,17). The average molecular weight is 294 g/mol. The van der Waals surface area contributed by atoms with Crippen LogP contribution in [-0.4, -0.2) is 43.6 Å². The number of aliphatic carboxylic acids is 1. The number of carboxylic acids is 1. The summed E-state index contributed by atoms with van der Waals surface area (Å²) in [5.41, 5.74) is 0.817. The Morgan fingerprint density at radius 2 is 2.15 bits per heavy atom. The van der Waals surface area contributed by atoms with Gasteiger partial charge in [0, 0.05) is 6.04 Å². The highest BCUT2D eigenvalue weighted by atomic mass is 32.2. The lowest BCUT2D eigenvalue weighted by Crippen LogP contribution is -2.40. The van der Waals surface area contributed by atoms with Crippen molar-refractivity contribution in [3.05, 3.63) is 29.8 Å². The molecule has 0 aliphatic carbocycles. The van der Waals surface area contributed by atoms with Crippen LogP contribution in [0.25, 0.3) is 0 Å². The molecule has 1 saturated heterocycles. The smallest absolute Gasteiger partial charge is 0.323 e. The minimum absolute atomic E-state index is 0.0580. The van der Waals surface area contributed by atoms with E-state index in [4.69, 9.17) is 10.4 Å². The Morgan fingerprint density at radius 3 is 2.70 bits per heavy atom. The summed E-state index contributed by atoms with van der Waals surface area (Å²) < 4.78 is 23.2. The van der Waals surface area contributed by atoms with Crippen LogP contribution in [0.2, 0.25) is 0 Å². The lowest BCUT2D eigenvalue weighted by atomic mass is 10.1. The minimum atomic E-state index is -3.12. The molecule has 0 saturated carbocycles. The largest absolute Gasteiger partial charge is 0.480 e. The molecule has 20 heavy (non-hydrogen) atoms. The summed E-state index contributed by atoms with van der Waals surface area (Å²) in [4.78, 5) is 12.5. The number of carboxylic acid groups (broad SMARTS) is 1. The molecular weight excluding hydrogens is 280 g/mol. The molecule has 0 aromatic heterocycles. The van der Waals surface area contributed by atoms with Gasteiger partial charge in [0.15, 0.2) is 9.84 Å². The second kappa shape index (κ2) is 5.51. The lowest BCUT2D eigenvalue weighted by Gasteiger charge is -2.29. The molecule has 7 heteroatoms. The van der Waals surface area contributed by atoms with Gasteiger partial charge in [-0.25, -0.2) is 8.42 Å². The second-order valence-electron chi connectivity index (χ2n) is 4.71. The molecule has 1 aromatic rings. The first-order valence-corrected chi connectivity index (χ1v) is 7.93. The van der Waals surface area contributed by atoms with E-state index in [1.54, 1.807) is 24.3 Å². The van der Waals surface area contributed by atoms with Gasteiger partial charge in [0.05, 0.1) is 22.8 Å². The number of nitriles is 1. The highest BCUT2D eigenvalue weighted by Gasteiger charge is 2.34. The summed E-state index contributed by atoms with van der Waals surface area (Å²) in [6.07, 6.45) is 0.384. The van der Waals surface area contributed by atoms with E-state index < -0.39 is 21.8 Å². The van der Waals surface area contributed by atoms with Crippen LogP contribution in [-0.2, 0) is 14.6 Å². The van der Waals surface area contributed by atoms with E-state index in [1.807, 2.05) is 6.07 Å². The molecule has 1 aliphatic heterocycles. The van der Waals surface area contributed by atoms with Gasteiger partial charge in [-0.05, 0) is 18.6 Å². The van der Waals surface area contributed by atoms with Crippen LogP contribution >= 0.6 is 0 Å². The number of benzene rings is 1. The van der Waals surface area contributed by atoms with Crippen molar-refractivity contribution in [3.63, 3.8) is 0 Å². The molecule has 0 bridgehead atoms. The van der Waals surface area contributed by atoms with Crippen LogP contribution in [0.15, 0.2) is 24.3 Å². The van der Waals surface area contributed by atoms with E-state index in [2.05, 4.69) is 0 Å². The molecule has 2 rings (SSSR count). The summed E-state index contributed by atoms with van der Waals surface area (Å²) in [6, 6.07) is 8.24. The lowest BCUT2D eigenvalue weighted by molar-refractivity contribution is -0.135. The van der Waals surface area contributed by atoms with E-state index in [1.165, 1.54) is 4.90 Å². The van der Waals surface area contributed by atoms with Gasteiger partial charge in [-0.1, -0.05) is 12.1 Å². The molecule has 0 amide bonds. The van der Waals surface area contributed by atoms with Crippen molar-refractivity contribution < 1.29 is 18.3 Å². The van der Waals surface area contributed by atoms with Crippen molar-refractivity contribution in [2.75, 3.05) is 23.0 Å². The van der Waals surface area contributed by atoms with Crippen LogP contribution in [0.3, 0.4) is 0 Å². The van der Waals surface area contributed by atoms with Gasteiger partial charge in [-0.3, -0.25) is 4.79 Å². The number of rotatable bonds is 4. The molecule has 1 N–H and O–H groups in total. The molecule has 1 aliphatic rings. The fourth-order valence-corrected chi connectivity index (χ4v) is 4.13. The summed E-state index contributed by atoms with van der Waals surface area (Å²) >= 11 is 0. The Morgan fingerprint density at radius 1 is 1.45 bits per heavy atom. The molecule has 0 spiro atoms. The van der Waals surface area contributed by atoms with Crippen LogP contribution in [0, 0.1) is 11.3 Å². The summed E-state index contributed by atoms with van der Waals surface area (Å²) in [5.74, 6) is -1.07. The van der Waals surface area contributed by atoms with E-state index in [-0.39, 0.29) is 18.1 Å². The Hall–Kier alpha value is -2.07. The van der Waals surface area contributed by atoms with Crippen molar-refractivity contribution >= 4 is 21.5 Å². The monoisotopic (exact) mass is 294 g/mol. The zero-order valence-electron chi connectivity index (χ0n) is 10.7. The van der Waals surface area contributed by atoms with Crippen molar-refractivity contribution in [1.82, 2.24) is 0 Å². The number of nitrogens with zero attached hydrogens (tertiary/aromatic N) is 2. The van der Waals surface area contributed by atoms with Crippen LogP contribution in [0.1, 0.15) is 12.0 Å². The molecule has 1 heterocycles. The van der Waals surface area contributed by atoms with Crippen LogP contribution < -0.4 is 4.90 Å². The first-order valence-electron chi connectivity index (χ1n) is 6.11. The fraction of sp³-hybridized carbons (Fsp3) is 0.385. The maximum absolute atomic E-state index is 11.6. The summed E-state index contributed by atoms with van der Waals surface area (Å²) in [6.45, 7) is -0.321.